The fourth-order valence-corrected chi connectivity index (χ4v) is 2.11. The zero-order valence-electron chi connectivity index (χ0n) is 12.3. The Kier molecular flexibility index (Phi) is 6.12. The van der Waals surface area contributed by atoms with Crippen molar-refractivity contribution in [3.8, 4) is 0 Å². The number of urea groups is 1. The topological polar surface area (TPSA) is 60.9 Å². The highest BCUT2D eigenvalue weighted by molar-refractivity contribution is 5.75. The van der Waals surface area contributed by atoms with E-state index in [4.69, 9.17) is 5.11 Å². The van der Waals surface area contributed by atoms with Crippen LogP contribution in [0.3, 0.4) is 0 Å². The molecule has 5 heteroatoms. The highest BCUT2D eigenvalue weighted by Gasteiger charge is 2.28. The lowest BCUT2D eigenvalue weighted by atomic mass is 10.2. The minimum atomic E-state index is -0.804. The molecule has 0 bridgehead atoms. The molecule has 0 aromatic carbocycles. The largest absolute Gasteiger partial charge is 0.481 e. The van der Waals surface area contributed by atoms with Crippen molar-refractivity contribution in [2.45, 2.75) is 52.5 Å². The third kappa shape index (κ3) is 5.49. The maximum absolute atomic E-state index is 12.5. The van der Waals surface area contributed by atoms with E-state index in [1.54, 1.807) is 4.90 Å². The molecule has 0 aromatic rings. The van der Waals surface area contributed by atoms with E-state index in [9.17, 15) is 9.59 Å². The molecule has 0 atom stereocenters. The summed E-state index contributed by atoms with van der Waals surface area (Å²) >= 11 is 0. The van der Waals surface area contributed by atoms with Crippen molar-refractivity contribution in [2.75, 3.05) is 19.6 Å². The molecule has 0 heterocycles. The van der Waals surface area contributed by atoms with Gasteiger partial charge in [-0.05, 0) is 46.0 Å². The van der Waals surface area contributed by atoms with Crippen molar-refractivity contribution in [1.29, 1.82) is 0 Å². The Bertz CT molecular complexity index is 314. The Balaban J connectivity index is 2.51. The Hall–Kier alpha value is -1.26. The Morgan fingerprint density at radius 3 is 2.37 bits per heavy atom. The number of carbonyl (C=O) groups is 2. The summed E-state index contributed by atoms with van der Waals surface area (Å²) < 4.78 is 0. The number of hydrogen-bond acceptors (Lipinski definition) is 2. The Morgan fingerprint density at radius 2 is 1.95 bits per heavy atom. The van der Waals surface area contributed by atoms with Gasteiger partial charge in [0.05, 0.1) is 0 Å². The molecule has 0 unspecified atom stereocenters. The van der Waals surface area contributed by atoms with Gasteiger partial charge in [0.25, 0.3) is 0 Å². The van der Waals surface area contributed by atoms with Crippen molar-refractivity contribution in [3.63, 3.8) is 0 Å². The molecule has 0 radical (unpaired) electrons. The van der Waals surface area contributed by atoms with Crippen molar-refractivity contribution in [3.05, 3.63) is 0 Å². The molecular formula is C14H26N2O3. The van der Waals surface area contributed by atoms with Gasteiger partial charge in [-0.15, -0.1) is 0 Å². The number of aliphatic carboxylic acids is 1. The van der Waals surface area contributed by atoms with E-state index >= 15 is 0 Å². The first-order valence-corrected chi connectivity index (χ1v) is 7.23. The van der Waals surface area contributed by atoms with Crippen LogP contribution < -0.4 is 0 Å². The van der Waals surface area contributed by atoms with E-state index in [1.807, 2.05) is 25.7 Å². The fourth-order valence-electron chi connectivity index (χ4n) is 2.11. The van der Waals surface area contributed by atoms with E-state index < -0.39 is 5.97 Å². The van der Waals surface area contributed by atoms with Crippen LogP contribution >= 0.6 is 0 Å². The van der Waals surface area contributed by atoms with Gasteiger partial charge in [0, 0.05) is 32.1 Å². The third-order valence-corrected chi connectivity index (χ3v) is 3.49. The van der Waals surface area contributed by atoms with Crippen LogP contribution in [0.4, 0.5) is 4.79 Å². The third-order valence-electron chi connectivity index (χ3n) is 3.49. The molecule has 2 amide bonds. The molecule has 110 valence electrons. The maximum atomic E-state index is 12.5. The number of amides is 2. The molecule has 0 aromatic heterocycles. The molecule has 1 rings (SSSR count). The zero-order chi connectivity index (χ0) is 14.4. The second kappa shape index (κ2) is 7.36. The highest BCUT2D eigenvalue weighted by Crippen LogP contribution is 2.30. The quantitative estimate of drug-likeness (QED) is 0.736. The zero-order valence-corrected chi connectivity index (χ0v) is 12.3. The molecule has 1 aliphatic carbocycles. The molecule has 5 nitrogen and oxygen atoms in total. The molecule has 0 aliphatic heterocycles. The maximum Gasteiger partial charge on any atom is 0.320 e. The molecule has 1 saturated carbocycles. The number of carboxylic acid groups (broad SMARTS) is 1. The minimum Gasteiger partial charge on any atom is -0.481 e. The predicted molar refractivity (Wildman–Crippen MR) is 74.1 cm³/mol. The van der Waals surface area contributed by atoms with Crippen molar-refractivity contribution in [1.82, 2.24) is 9.80 Å². The number of carbonyl (C=O) groups excluding carboxylic acids is 1. The summed E-state index contributed by atoms with van der Waals surface area (Å²) in [5, 5.41) is 8.67. The highest BCUT2D eigenvalue weighted by atomic mass is 16.4. The minimum absolute atomic E-state index is 0.0507. The molecule has 19 heavy (non-hydrogen) atoms. The monoisotopic (exact) mass is 270 g/mol. The van der Waals surface area contributed by atoms with Crippen LogP contribution in [0.1, 0.15) is 46.5 Å². The summed E-state index contributed by atoms with van der Waals surface area (Å²) in [6.45, 7) is 8.03. The molecule has 0 spiro atoms. The number of carboxylic acids is 1. The summed E-state index contributed by atoms with van der Waals surface area (Å²) in [5.74, 6) is -0.126. The van der Waals surface area contributed by atoms with Crippen LogP contribution in [0, 0.1) is 5.92 Å². The molecular weight excluding hydrogens is 244 g/mol. The Labute approximate surface area is 115 Å². The van der Waals surface area contributed by atoms with Gasteiger partial charge in [0.2, 0.25) is 0 Å². The normalized spacial score (nSPS) is 14.5. The molecule has 0 saturated heterocycles. The second-order valence-electron chi connectivity index (χ2n) is 5.55. The van der Waals surface area contributed by atoms with Gasteiger partial charge in [-0.3, -0.25) is 4.79 Å². The second-order valence-corrected chi connectivity index (χ2v) is 5.55. The lowest BCUT2D eigenvalue weighted by Gasteiger charge is -2.33. The predicted octanol–water partition coefficient (Wildman–Crippen LogP) is 2.41. The van der Waals surface area contributed by atoms with Gasteiger partial charge in [-0.2, -0.15) is 0 Å². The summed E-state index contributed by atoms with van der Waals surface area (Å²) in [6.07, 6.45) is 3.08. The van der Waals surface area contributed by atoms with Crippen LogP contribution in [-0.2, 0) is 4.79 Å². The molecule has 1 fully saturated rings. The van der Waals surface area contributed by atoms with Crippen LogP contribution in [0.5, 0.6) is 0 Å². The van der Waals surface area contributed by atoms with Crippen molar-refractivity contribution >= 4 is 12.0 Å². The first-order valence-electron chi connectivity index (χ1n) is 7.23. The van der Waals surface area contributed by atoms with E-state index in [2.05, 4.69) is 0 Å². The number of nitrogens with zero attached hydrogens (tertiary/aromatic N) is 2. The Morgan fingerprint density at radius 1 is 1.32 bits per heavy atom. The smallest absolute Gasteiger partial charge is 0.320 e. The number of hydrogen-bond donors (Lipinski definition) is 1. The SMILES string of the molecule is CCN(CC1CC1)C(=O)N(CCCC(=O)O)C(C)C. The number of rotatable bonds is 8. The average Bonchev–Trinajstić information content (AvgIpc) is 3.14. The standard InChI is InChI=1S/C14H26N2O3/c1-4-15(10-12-7-8-12)14(19)16(11(2)3)9-5-6-13(17)18/h11-12H,4-10H2,1-3H3,(H,17,18). The first kappa shape index (κ1) is 15.8. The van der Waals surface area contributed by atoms with E-state index in [-0.39, 0.29) is 18.5 Å². The lowest BCUT2D eigenvalue weighted by molar-refractivity contribution is -0.137. The van der Waals surface area contributed by atoms with Gasteiger partial charge >= 0.3 is 12.0 Å². The van der Waals surface area contributed by atoms with E-state index in [0.29, 0.717) is 18.9 Å². The van der Waals surface area contributed by atoms with Crippen LogP contribution in [0.15, 0.2) is 0 Å². The van der Waals surface area contributed by atoms with Gasteiger partial charge in [-0.25, -0.2) is 4.79 Å². The lowest BCUT2D eigenvalue weighted by Crippen LogP contribution is -2.47. The fraction of sp³-hybridized carbons (Fsp3) is 0.857. The van der Waals surface area contributed by atoms with E-state index in [1.165, 1.54) is 12.8 Å². The average molecular weight is 270 g/mol. The van der Waals surface area contributed by atoms with Gasteiger partial charge in [0.15, 0.2) is 0 Å². The molecule has 1 aliphatic rings. The van der Waals surface area contributed by atoms with Crippen molar-refractivity contribution in [2.24, 2.45) is 5.92 Å². The van der Waals surface area contributed by atoms with Gasteiger partial charge in [-0.1, -0.05) is 0 Å². The van der Waals surface area contributed by atoms with Crippen molar-refractivity contribution < 1.29 is 14.7 Å². The summed E-state index contributed by atoms with van der Waals surface area (Å²) in [5.41, 5.74) is 0. The van der Waals surface area contributed by atoms with E-state index in [0.717, 1.165) is 13.1 Å². The van der Waals surface area contributed by atoms with Crippen LogP contribution in [-0.4, -0.2) is 52.6 Å². The summed E-state index contributed by atoms with van der Waals surface area (Å²) in [6, 6.07) is 0.157. The van der Waals surface area contributed by atoms with Gasteiger partial charge < -0.3 is 14.9 Å². The molecule has 1 N–H and O–H groups in total. The summed E-state index contributed by atoms with van der Waals surface area (Å²) in [4.78, 5) is 26.7. The summed E-state index contributed by atoms with van der Waals surface area (Å²) in [7, 11) is 0. The van der Waals surface area contributed by atoms with Gasteiger partial charge in [0.1, 0.15) is 0 Å². The van der Waals surface area contributed by atoms with Crippen LogP contribution in [0.25, 0.3) is 0 Å². The van der Waals surface area contributed by atoms with Crippen LogP contribution in [0.2, 0.25) is 0 Å². The first-order chi connectivity index (χ1) is 8.95.